The van der Waals surface area contributed by atoms with Crippen LogP contribution in [0.5, 0.6) is 0 Å². The first-order chi connectivity index (χ1) is 14.9. The summed E-state index contributed by atoms with van der Waals surface area (Å²) in [6.45, 7) is 12.1. The summed E-state index contributed by atoms with van der Waals surface area (Å²) in [5.41, 5.74) is 1.48. The molecular formula is C26H43N3O. The van der Waals surface area contributed by atoms with Crippen LogP contribution < -0.4 is 0 Å². The Bertz CT molecular complexity index is 589. The van der Waals surface area contributed by atoms with E-state index in [0.717, 1.165) is 25.2 Å². The molecule has 0 bridgehead atoms. The molecule has 0 aromatic heterocycles. The Balaban J connectivity index is 1.06. The topological polar surface area (TPSA) is 19.0 Å². The standard InChI is InChI=1S/C26H43N3O/c1-3-9-24(10-4-1)11-7-16-28-18-19-29-21-25(12-13-26(29)22-28)23-30-20-8-17-27-14-5-2-6-15-27/h1,3-4,9-10,25-26H,2,5-8,11-23H2. The molecule has 3 aliphatic heterocycles. The highest BCUT2D eigenvalue weighted by molar-refractivity contribution is 5.14. The minimum absolute atomic E-state index is 0.751. The highest BCUT2D eigenvalue weighted by Gasteiger charge is 2.32. The molecule has 3 saturated heterocycles. The summed E-state index contributed by atoms with van der Waals surface area (Å²) in [5, 5.41) is 0. The molecule has 1 aromatic rings. The number of hydrogen-bond donors (Lipinski definition) is 0. The van der Waals surface area contributed by atoms with E-state index < -0.39 is 0 Å². The van der Waals surface area contributed by atoms with E-state index in [1.165, 1.54) is 109 Å². The van der Waals surface area contributed by atoms with E-state index in [9.17, 15) is 0 Å². The number of piperazine rings is 1. The molecule has 0 saturated carbocycles. The molecule has 0 amide bonds. The van der Waals surface area contributed by atoms with Gasteiger partial charge in [0.25, 0.3) is 0 Å². The fourth-order valence-corrected chi connectivity index (χ4v) is 5.64. The van der Waals surface area contributed by atoms with Gasteiger partial charge in [0, 0.05) is 45.4 Å². The van der Waals surface area contributed by atoms with Crippen LogP contribution in [0.4, 0.5) is 0 Å². The summed E-state index contributed by atoms with van der Waals surface area (Å²) < 4.78 is 6.10. The average Bonchev–Trinajstić information content (AvgIpc) is 2.80. The Hall–Kier alpha value is -0.940. The second-order valence-electron chi connectivity index (χ2n) is 9.81. The lowest BCUT2D eigenvalue weighted by atomic mass is 9.91. The van der Waals surface area contributed by atoms with Gasteiger partial charge in [-0.05, 0) is 76.1 Å². The predicted molar refractivity (Wildman–Crippen MR) is 125 cm³/mol. The number of ether oxygens (including phenoxy) is 1. The second kappa shape index (κ2) is 12.2. The molecular weight excluding hydrogens is 370 g/mol. The first-order valence-corrected chi connectivity index (χ1v) is 12.7. The fraction of sp³-hybridized carbons (Fsp3) is 0.769. The first kappa shape index (κ1) is 22.3. The van der Waals surface area contributed by atoms with Crippen molar-refractivity contribution in [2.24, 2.45) is 5.92 Å². The van der Waals surface area contributed by atoms with E-state index in [-0.39, 0.29) is 0 Å². The van der Waals surface area contributed by atoms with Gasteiger partial charge < -0.3 is 14.5 Å². The smallest absolute Gasteiger partial charge is 0.0506 e. The van der Waals surface area contributed by atoms with Crippen LogP contribution in [0, 0.1) is 5.92 Å². The summed E-state index contributed by atoms with van der Waals surface area (Å²) in [7, 11) is 0. The van der Waals surface area contributed by atoms with E-state index in [1.54, 1.807) is 0 Å². The SMILES string of the molecule is c1ccc(CCCN2CCN3CC(COCCCN4CCCCC4)CCC3C2)cc1. The van der Waals surface area contributed by atoms with Crippen molar-refractivity contribution in [1.82, 2.24) is 14.7 Å². The van der Waals surface area contributed by atoms with Crippen molar-refractivity contribution >= 4 is 0 Å². The molecule has 4 rings (SSSR count). The maximum Gasteiger partial charge on any atom is 0.0506 e. The van der Waals surface area contributed by atoms with Crippen molar-refractivity contribution < 1.29 is 4.74 Å². The Morgan fingerprint density at radius 2 is 1.63 bits per heavy atom. The molecule has 30 heavy (non-hydrogen) atoms. The van der Waals surface area contributed by atoms with Crippen LogP contribution in [-0.2, 0) is 11.2 Å². The molecule has 3 aliphatic rings. The third kappa shape index (κ3) is 7.05. The van der Waals surface area contributed by atoms with Crippen LogP contribution in [0.25, 0.3) is 0 Å². The number of hydrogen-bond acceptors (Lipinski definition) is 4. The Kier molecular flexibility index (Phi) is 9.04. The van der Waals surface area contributed by atoms with Crippen LogP contribution in [0.1, 0.15) is 50.5 Å². The molecule has 3 fully saturated rings. The van der Waals surface area contributed by atoms with Gasteiger partial charge in [0.15, 0.2) is 0 Å². The lowest BCUT2D eigenvalue weighted by Crippen LogP contribution is -2.56. The van der Waals surface area contributed by atoms with Crippen molar-refractivity contribution in [3.63, 3.8) is 0 Å². The second-order valence-corrected chi connectivity index (χ2v) is 9.81. The normalized spacial score (nSPS) is 26.5. The highest BCUT2D eigenvalue weighted by atomic mass is 16.5. The number of benzene rings is 1. The molecule has 168 valence electrons. The number of aryl methyl sites for hydroxylation is 1. The van der Waals surface area contributed by atoms with E-state index in [4.69, 9.17) is 4.74 Å². The molecule has 1 aromatic carbocycles. The number of nitrogens with zero attached hydrogens (tertiary/aromatic N) is 3. The monoisotopic (exact) mass is 413 g/mol. The summed E-state index contributed by atoms with van der Waals surface area (Å²) in [5.74, 6) is 0.751. The molecule has 3 heterocycles. The largest absolute Gasteiger partial charge is 0.381 e. The van der Waals surface area contributed by atoms with Gasteiger partial charge in [0.2, 0.25) is 0 Å². The summed E-state index contributed by atoms with van der Waals surface area (Å²) in [6, 6.07) is 11.7. The van der Waals surface area contributed by atoms with E-state index in [1.807, 2.05) is 0 Å². The van der Waals surface area contributed by atoms with Crippen LogP contribution in [0.15, 0.2) is 30.3 Å². The zero-order valence-electron chi connectivity index (χ0n) is 19.0. The highest BCUT2D eigenvalue weighted by Crippen LogP contribution is 2.25. The molecule has 2 atom stereocenters. The lowest BCUT2D eigenvalue weighted by Gasteiger charge is -2.46. The van der Waals surface area contributed by atoms with Crippen molar-refractivity contribution in [2.45, 2.75) is 57.4 Å². The molecule has 0 spiro atoms. The maximum absolute atomic E-state index is 6.10. The Morgan fingerprint density at radius 1 is 0.800 bits per heavy atom. The molecule has 0 aliphatic carbocycles. The molecule has 4 heteroatoms. The van der Waals surface area contributed by atoms with Gasteiger partial charge in [0.1, 0.15) is 0 Å². The van der Waals surface area contributed by atoms with E-state index in [0.29, 0.717) is 0 Å². The minimum atomic E-state index is 0.751. The number of fused-ring (bicyclic) bond motifs is 1. The van der Waals surface area contributed by atoms with E-state index in [2.05, 4.69) is 45.0 Å². The zero-order valence-corrected chi connectivity index (χ0v) is 19.0. The van der Waals surface area contributed by atoms with Gasteiger partial charge in [0.05, 0.1) is 6.61 Å². The van der Waals surface area contributed by atoms with Crippen LogP contribution in [0.2, 0.25) is 0 Å². The van der Waals surface area contributed by atoms with Crippen LogP contribution in [-0.4, -0.2) is 86.3 Å². The third-order valence-corrected chi connectivity index (χ3v) is 7.44. The van der Waals surface area contributed by atoms with Crippen molar-refractivity contribution in [1.29, 1.82) is 0 Å². The molecule has 0 N–H and O–H groups in total. The van der Waals surface area contributed by atoms with Gasteiger partial charge in [-0.3, -0.25) is 4.90 Å². The Morgan fingerprint density at radius 3 is 2.50 bits per heavy atom. The maximum atomic E-state index is 6.10. The van der Waals surface area contributed by atoms with Gasteiger partial charge in [-0.15, -0.1) is 0 Å². The third-order valence-electron chi connectivity index (χ3n) is 7.44. The first-order valence-electron chi connectivity index (χ1n) is 12.7. The predicted octanol–water partition coefficient (Wildman–Crippen LogP) is 3.91. The minimum Gasteiger partial charge on any atom is -0.381 e. The van der Waals surface area contributed by atoms with Gasteiger partial charge in [-0.25, -0.2) is 0 Å². The number of piperidine rings is 2. The van der Waals surface area contributed by atoms with Crippen molar-refractivity contribution in [3.8, 4) is 0 Å². The fourth-order valence-electron chi connectivity index (χ4n) is 5.64. The lowest BCUT2D eigenvalue weighted by molar-refractivity contribution is -0.00140. The van der Waals surface area contributed by atoms with Gasteiger partial charge in [-0.1, -0.05) is 36.8 Å². The molecule has 4 nitrogen and oxygen atoms in total. The van der Waals surface area contributed by atoms with E-state index >= 15 is 0 Å². The summed E-state index contributed by atoms with van der Waals surface area (Å²) in [4.78, 5) is 8.10. The zero-order chi connectivity index (χ0) is 20.4. The van der Waals surface area contributed by atoms with Gasteiger partial charge >= 0.3 is 0 Å². The quantitative estimate of drug-likeness (QED) is 0.541. The van der Waals surface area contributed by atoms with Crippen molar-refractivity contribution in [3.05, 3.63) is 35.9 Å². The van der Waals surface area contributed by atoms with Crippen molar-refractivity contribution in [2.75, 3.05) is 65.6 Å². The van der Waals surface area contributed by atoms with Crippen LogP contribution >= 0.6 is 0 Å². The van der Waals surface area contributed by atoms with Gasteiger partial charge in [-0.2, -0.15) is 0 Å². The number of likely N-dealkylation sites (tertiary alicyclic amines) is 1. The molecule has 2 unspecified atom stereocenters. The molecule has 0 radical (unpaired) electrons. The van der Waals surface area contributed by atoms with Crippen LogP contribution in [0.3, 0.4) is 0 Å². The summed E-state index contributed by atoms with van der Waals surface area (Å²) >= 11 is 0. The average molecular weight is 414 g/mol. The number of rotatable bonds is 10. The Labute approximate surface area is 184 Å². The summed E-state index contributed by atoms with van der Waals surface area (Å²) in [6.07, 6.45) is 10.6.